The Balaban J connectivity index is 2.31. The van der Waals surface area contributed by atoms with Crippen molar-refractivity contribution in [3.63, 3.8) is 0 Å². The summed E-state index contributed by atoms with van der Waals surface area (Å²) in [4.78, 5) is 0. The summed E-state index contributed by atoms with van der Waals surface area (Å²) >= 11 is 3.42. The van der Waals surface area contributed by atoms with E-state index >= 15 is 0 Å². The van der Waals surface area contributed by atoms with Crippen LogP contribution in [0.1, 0.15) is 25.3 Å². The molecule has 2 heteroatoms. The minimum atomic E-state index is -0.0271. The second-order valence-corrected chi connectivity index (χ2v) is 5.27. The molecule has 2 rings (SSSR count). The molecule has 1 N–H and O–H groups in total. The molecular weight excluding hydrogens is 240 g/mol. The second-order valence-electron chi connectivity index (χ2n) is 4.36. The molecule has 0 radical (unpaired) electrons. The van der Waals surface area contributed by atoms with E-state index in [1.54, 1.807) is 0 Å². The first-order valence-electron chi connectivity index (χ1n) is 5.04. The molecule has 0 unspecified atom stereocenters. The Labute approximate surface area is 93.3 Å². The summed E-state index contributed by atoms with van der Waals surface area (Å²) in [7, 11) is 0. The van der Waals surface area contributed by atoms with Crippen molar-refractivity contribution in [3.05, 3.63) is 34.3 Å². The van der Waals surface area contributed by atoms with Gasteiger partial charge in [-0.05, 0) is 36.5 Å². The third-order valence-electron chi connectivity index (χ3n) is 3.31. The van der Waals surface area contributed by atoms with E-state index in [0.717, 1.165) is 4.47 Å². The first-order valence-corrected chi connectivity index (χ1v) is 5.83. The molecule has 1 saturated carbocycles. The Morgan fingerprint density at radius 2 is 1.93 bits per heavy atom. The van der Waals surface area contributed by atoms with E-state index in [-0.39, 0.29) is 12.0 Å². The van der Waals surface area contributed by atoms with Crippen molar-refractivity contribution in [2.75, 3.05) is 6.61 Å². The fraction of sp³-hybridized carbons (Fsp3) is 0.500. The maximum Gasteiger partial charge on any atom is 0.0527 e. The fourth-order valence-corrected chi connectivity index (χ4v) is 2.27. The lowest BCUT2D eigenvalue weighted by Gasteiger charge is -2.27. The maximum absolute atomic E-state index is 9.51. The molecule has 1 aromatic rings. The third kappa shape index (κ3) is 1.73. The molecule has 0 saturated heterocycles. The number of hydrogen-bond donors (Lipinski definition) is 1. The van der Waals surface area contributed by atoms with Crippen molar-refractivity contribution in [1.82, 2.24) is 0 Å². The fourth-order valence-electron chi connectivity index (χ4n) is 2.01. The molecule has 1 atom stereocenters. The molecule has 1 aliphatic rings. The molecule has 1 fully saturated rings. The van der Waals surface area contributed by atoms with E-state index in [2.05, 4.69) is 35.0 Å². The number of aliphatic hydroxyl groups is 1. The van der Waals surface area contributed by atoms with Crippen molar-refractivity contribution in [1.29, 1.82) is 0 Å². The van der Waals surface area contributed by atoms with Crippen LogP contribution in [0.3, 0.4) is 0 Å². The topological polar surface area (TPSA) is 20.2 Å². The number of aliphatic hydroxyl groups excluding tert-OH is 1. The van der Waals surface area contributed by atoms with Gasteiger partial charge in [-0.25, -0.2) is 0 Å². The standard InChI is InChI=1S/C12H15BrO/c1-12(8-14,9-2-3-9)10-4-6-11(13)7-5-10/h4-7,9,14H,2-3,8H2,1H3/t12-/m1/s1. The highest BCUT2D eigenvalue weighted by molar-refractivity contribution is 9.10. The summed E-state index contributed by atoms with van der Waals surface area (Å²) in [6, 6.07) is 8.31. The van der Waals surface area contributed by atoms with Crippen molar-refractivity contribution < 1.29 is 5.11 Å². The van der Waals surface area contributed by atoms with Crippen molar-refractivity contribution in [2.24, 2.45) is 5.92 Å². The number of halogens is 1. The third-order valence-corrected chi connectivity index (χ3v) is 3.84. The Morgan fingerprint density at radius 1 is 1.36 bits per heavy atom. The normalized spacial score (nSPS) is 20.5. The lowest BCUT2D eigenvalue weighted by atomic mass is 9.79. The minimum Gasteiger partial charge on any atom is -0.395 e. The van der Waals surface area contributed by atoms with Crippen molar-refractivity contribution >= 4 is 15.9 Å². The zero-order valence-electron chi connectivity index (χ0n) is 8.33. The maximum atomic E-state index is 9.51. The highest BCUT2D eigenvalue weighted by Gasteiger charge is 2.42. The molecule has 1 nitrogen and oxygen atoms in total. The molecule has 76 valence electrons. The van der Waals surface area contributed by atoms with Gasteiger partial charge in [0.1, 0.15) is 0 Å². The monoisotopic (exact) mass is 254 g/mol. The smallest absolute Gasteiger partial charge is 0.0527 e. The van der Waals surface area contributed by atoms with Gasteiger partial charge < -0.3 is 5.11 Å². The van der Waals surface area contributed by atoms with Crippen LogP contribution in [-0.4, -0.2) is 11.7 Å². The first-order chi connectivity index (χ1) is 6.66. The molecule has 0 amide bonds. The molecular formula is C12H15BrO. The molecule has 1 aromatic carbocycles. The summed E-state index contributed by atoms with van der Waals surface area (Å²) < 4.78 is 1.09. The molecule has 1 aliphatic carbocycles. The van der Waals surface area contributed by atoms with Gasteiger partial charge >= 0.3 is 0 Å². The summed E-state index contributed by atoms with van der Waals surface area (Å²) in [5.41, 5.74) is 1.23. The van der Waals surface area contributed by atoms with E-state index in [0.29, 0.717) is 5.92 Å². The van der Waals surface area contributed by atoms with Crippen LogP contribution in [0, 0.1) is 5.92 Å². The zero-order valence-corrected chi connectivity index (χ0v) is 9.92. The van der Waals surface area contributed by atoms with E-state index in [1.165, 1.54) is 18.4 Å². The summed E-state index contributed by atoms with van der Waals surface area (Å²) in [6.45, 7) is 2.41. The average molecular weight is 255 g/mol. The van der Waals surface area contributed by atoms with Crippen molar-refractivity contribution in [3.8, 4) is 0 Å². The predicted molar refractivity (Wildman–Crippen MR) is 61.3 cm³/mol. The second kappa shape index (κ2) is 3.67. The highest BCUT2D eigenvalue weighted by atomic mass is 79.9. The van der Waals surface area contributed by atoms with Crippen LogP contribution in [0.5, 0.6) is 0 Å². The quantitative estimate of drug-likeness (QED) is 0.879. The molecule has 0 spiro atoms. The molecule has 0 aromatic heterocycles. The molecule has 0 bridgehead atoms. The van der Waals surface area contributed by atoms with Crippen LogP contribution in [-0.2, 0) is 5.41 Å². The SMILES string of the molecule is C[C@](CO)(c1ccc(Br)cc1)C1CC1. The number of benzene rings is 1. The Hall–Kier alpha value is -0.340. The van der Waals surface area contributed by atoms with Crippen LogP contribution in [0.2, 0.25) is 0 Å². The van der Waals surface area contributed by atoms with Crippen LogP contribution < -0.4 is 0 Å². The van der Waals surface area contributed by atoms with Crippen LogP contribution >= 0.6 is 15.9 Å². The average Bonchev–Trinajstić information content (AvgIpc) is 3.01. The van der Waals surface area contributed by atoms with Gasteiger partial charge in [-0.3, -0.25) is 0 Å². The van der Waals surface area contributed by atoms with Gasteiger partial charge in [0.2, 0.25) is 0 Å². The molecule has 0 heterocycles. The molecule has 0 aliphatic heterocycles. The van der Waals surface area contributed by atoms with Crippen LogP contribution in [0.4, 0.5) is 0 Å². The summed E-state index contributed by atoms with van der Waals surface area (Å²) in [5, 5.41) is 9.51. The van der Waals surface area contributed by atoms with Gasteiger partial charge in [0.25, 0.3) is 0 Å². The summed E-state index contributed by atoms with van der Waals surface area (Å²) in [5.74, 6) is 0.675. The number of rotatable bonds is 3. The highest BCUT2D eigenvalue weighted by Crippen LogP contribution is 2.47. The zero-order chi connectivity index (χ0) is 10.2. The molecule has 14 heavy (non-hydrogen) atoms. The Morgan fingerprint density at radius 3 is 2.36 bits per heavy atom. The van der Waals surface area contributed by atoms with Gasteiger partial charge in [-0.2, -0.15) is 0 Å². The largest absolute Gasteiger partial charge is 0.395 e. The van der Waals surface area contributed by atoms with E-state index in [9.17, 15) is 5.11 Å². The predicted octanol–water partition coefficient (Wildman–Crippen LogP) is 3.11. The Kier molecular flexibility index (Phi) is 2.67. The van der Waals surface area contributed by atoms with E-state index in [4.69, 9.17) is 0 Å². The van der Waals surface area contributed by atoms with Gasteiger partial charge in [0.05, 0.1) is 6.61 Å². The van der Waals surface area contributed by atoms with Crippen LogP contribution in [0.25, 0.3) is 0 Å². The Bertz CT molecular complexity index is 316. The van der Waals surface area contributed by atoms with Crippen LogP contribution in [0.15, 0.2) is 28.7 Å². The minimum absolute atomic E-state index is 0.0271. The number of hydrogen-bond acceptors (Lipinski definition) is 1. The van der Waals surface area contributed by atoms with Gasteiger partial charge in [-0.1, -0.05) is 35.0 Å². The summed E-state index contributed by atoms with van der Waals surface area (Å²) in [6.07, 6.45) is 2.51. The van der Waals surface area contributed by atoms with Gasteiger partial charge in [0, 0.05) is 9.89 Å². The van der Waals surface area contributed by atoms with E-state index < -0.39 is 0 Å². The lowest BCUT2D eigenvalue weighted by Crippen LogP contribution is -2.29. The van der Waals surface area contributed by atoms with Crippen molar-refractivity contribution in [2.45, 2.75) is 25.2 Å². The first kappa shape index (κ1) is 10.2. The lowest BCUT2D eigenvalue weighted by molar-refractivity contribution is 0.187. The van der Waals surface area contributed by atoms with E-state index in [1.807, 2.05) is 12.1 Å². The van der Waals surface area contributed by atoms with Gasteiger partial charge in [0.15, 0.2) is 0 Å². The van der Waals surface area contributed by atoms with Gasteiger partial charge in [-0.15, -0.1) is 0 Å².